The Morgan fingerprint density at radius 1 is 1.20 bits per heavy atom. The van der Waals surface area contributed by atoms with Crippen molar-refractivity contribution in [2.45, 2.75) is 64.5 Å². The van der Waals surface area contributed by atoms with Crippen LogP contribution in [0.2, 0.25) is 0 Å². The van der Waals surface area contributed by atoms with E-state index >= 15 is 0 Å². The van der Waals surface area contributed by atoms with Gasteiger partial charge in [-0.1, -0.05) is 44.0 Å². The van der Waals surface area contributed by atoms with E-state index in [1.54, 1.807) is 0 Å². The second-order valence-electron chi connectivity index (χ2n) is 5.95. The summed E-state index contributed by atoms with van der Waals surface area (Å²) < 4.78 is 6.30. The first-order valence-corrected chi connectivity index (χ1v) is 8.16. The van der Waals surface area contributed by atoms with E-state index in [1.807, 2.05) is 0 Å². The molecule has 1 fully saturated rings. The third kappa shape index (κ3) is 3.24. The summed E-state index contributed by atoms with van der Waals surface area (Å²) in [7, 11) is 0. The summed E-state index contributed by atoms with van der Waals surface area (Å²) in [6.07, 6.45) is 6.09. The van der Waals surface area contributed by atoms with Gasteiger partial charge in [0.2, 0.25) is 0 Å². The zero-order valence-corrected chi connectivity index (χ0v) is 13.2. The van der Waals surface area contributed by atoms with Crippen molar-refractivity contribution >= 4 is 0 Å². The van der Waals surface area contributed by atoms with E-state index in [0.29, 0.717) is 6.04 Å². The molecule has 2 nitrogen and oxygen atoms in total. The fraction of sp³-hybridized carbons (Fsp3) is 0.667. The van der Waals surface area contributed by atoms with Crippen LogP contribution in [0.4, 0.5) is 0 Å². The van der Waals surface area contributed by atoms with Crippen LogP contribution in [0.1, 0.15) is 63.1 Å². The molecule has 0 saturated heterocycles. The molecule has 1 unspecified atom stereocenters. The van der Waals surface area contributed by atoms with Crippen LogP contribution < -0.4 is 5.32 Å². The Balaban J connectivity index is 2.33. The molecule has 1 aromatic carbocycles. The second kappa shape index (κ2) is 7.24. The van der Waals surface area contributed by atoms with E-state index in [-0.39, 0.29) is 5.60 Å². The van der Waals surface area contributed by atoms with Gasteiger partial charge >= 0.3 is 0 Å². The number of hydrogen-bond acceptors (Lipinski definition) is 2. The molecule has 0 radical (unpaired) electrons. The topological polar surface area (TPSA) is 21.3 Å². The first-order valence-electron chi connectivity index (χ1n) is 8.16. The molecule has 1 aliphatic carbocycles. The lowest BCUT2D eigenvalue weighted by molar-refractivity contribution is -0.0627. The molecule has 1 aromatic rings. The fourth-order valence-corrected chi connectivity index (χ4v) is 3.56. The molecule has 1 atom stereocenters. The zero-order chi connectivity index (χ0) is 14.4. The Morgan fingerprint density at radius 2 is 1.90 bits per heavy atom. The molecule has 1 aliphatic rings. The van der Waals surface area contributed by atoms with Gasteiger partial charge in [0.05, 0.1) is 11.6 Å². The van der Waals surface area contributed by atoms with Gasteiger partial charge in [0.25, 0.3) is 0 Å². The second-order valence-corrected chi connectivity index (χ2v) is 5.95. The van der Waals surface area contributed by atoms with Gasteiger partial charge in [-0.2, -0.15) is 0 Å². The summed E-state index contributed by atoms with van der Waals surface area (Å²) in [6.45, 7) is 8.41. The number of rotatable bonds is 7. The third-order valence-electron chi connectivity index (χ3n) is 4.51. The summed E-state index contributed by atoms with van der Waals surface area (Å²) >= 11 is 0. The molecule has 0 heterocycles. The predicted octanol–water partition coefficient (Wildman–Crippen LogP) is 4.39. The number of hydrogen-bond donors (Lipinski definition) is 1. The minimum Gasteiger partial charge on any atom is -0.373 e. The van der Waals surface area contributed by atoms with Gasteiger partial charge in [-0.15, -0.1) is 0 Å². The Kier molecular flexibility index (Phi) is 5.62. The lowest BCUT2D eigenvalue weighted by Crippen LogP contribution is -2.45. The molecule has 1 saturated carbocycles. The number of nitrogens with one attached hydrogen (secondary N) is 1. The van der Waals surface area contributed by atoms with E-state index in [9.17, 15) is 0 Å². The molecule has 0 aromatic heterocycles. The van der Waals surface area contributed by atoms with Crippen molar-refractivity contribution in [3.63, 3.8) is 0 Å². The van der Waals surface area contributed by atoms with Crippen molar-refractivity contribution in [2.24, 2.45) is 0 Å². The lowest BCUT2D eigenvalue weighted by atomic mass is 9.84. The fourth-order valence-electron chi connectivity index (χ4n) is 3.56. The lowest BCUT2D eigenvalue weighted by Gasteiger charge is -2.39. The average Bonchev–Trinajstić information content (AvgIpc) is 2.91. The molecule has 2 heteroatoms. The molecule has 0 amide bonds. The summed E-state index contributed by atoms with van der Waals surface area (Å²) in [5.41, 5.74) is 2.78. The first-order chi connectivity index (χ1) is 9.73. The van der Waals surface area contributed by atoms with Crippen molar-refractivity contribution in [2.75, 3.05) is 13.2 Å². The smallest absolute Gasteiger partial charge is 0.0876 e. The van der Waals surface area contributed by atoms with E-state index in [2.05, 4.69) is 50.4 Å². The molecule has 1 N–H and O–H groups in total. The van der Waals surface area contributed by atoms with Crippen LogP contribution in [0.25, 0.3) is 0 Å². The zero-order valence-electron chi connectivity index (χ0n) is 13.2. The summed E-state index contributed by atoms with van der Waals surface area (Å²) in [5.74, 6) is 0. The average molecular weight is 275 g/mol. The Labute approximate surface area is 123 Å². The normalized spacial score (nSPS) is 19.1. The van der Waals surface area contributed by atoms with E-state index < -0.39 is 0 Å². The highest BCUT2D eigenvalue weighted by Gasteiger charge is 2.43. The highest BCUT2D eigenvalue weighted by atomic mass is 16.5. The Hall–Kier alpha value is -0.860. The molecule has 0 aliphatic heterocycles. The number of ether oxygens (including phenoxy) is 1. The molecular formula is C18H29NO. The maximum Gasteiger partial charge on any atom is 0.0876 e. The van der Waals surface area contributed by atoms with Crippen molar-refractivity contribution in [1.82, 2.24) is 5.32 Å². The van der Waals surface area contributed by atoms with Crippen LogP contribution >= 0.6 is 0 Å². The standard InChI is InChI=1S/C18H29NO/c1-4-14-19-17(16-11-7-6-10-15(16)3)18(20-5-2)12-8-9-13-18/h6-7,10-11,17,19H,4-5,8-9,12-14H2,1-3H3. The monoisotopic (exact) mass is 275 g/mol. The van der Waals surface area contributed by atoms with Crippen molar-refractivity contribution in [3.8, 4) is 0 Å². The van der Waals surface area contributed by atoms with Crippen molar-refractivity contribution in [3.05, 3.63) is 35.4 Å². The highest BCUT2D eigenvalue weighted by molar-refractivity contribution is 5.31. The van der Waals surface area contributed by atoms with E-state index in [4.69, 9.17) is 4.74 Å². The third-order valence-corrected chi connectivity index (χ3v) is 4.51. The van der Waals surface area contributed by atoms with Crippen molar-refractivity contribution in [1.29, 1.82) is 0 Å². The maximum atomic E-state index is 6.30. The molecular weight excluding hydrogens is 246 g/mol. The van der Waals surface area contributed by atoms with Gasteiger partial charge in [-0.05, 0) is 50.8 Å². The minimum absolute atomic E-state index is 0.00394. The molecule has 20 heavy (non-hydrogen) atoms. The van der Waals surface area contributed by atoms with Crippen molar-refractivity contribution < 1.29 is 4.74 Å². The van der Waals surface area contributed by atoms with E-state index in [1.165, 1.54) is 36.8 Å². The van der Waals surface area contributed by atoms with Gasteiger partial charge in [-0.25, -0.2) is 0 Å². The Bertz CT molecular complexity index is 410. The molecule has 0 spiro atoms. The van der Waals surface area contributed by atoms with Crippen LogP contribution in [-0.2, 0) is 4.74 Å². The quantitative estimate of drug-likeness (QED) is 0.797. The summed E-state index contributed by atoms with van der Waals surface area (Å²) in [5, 5.41) is 3.77. The van der Waals surface area contributed by atoms with Gasteiger partial charge in [0, 0.05) is 6.61 Å². The molecule has 112 valence electrons. The summed E-state index contributed by atoms with van der Waals surface area (Å²) in [4.78, 5) is 0. The highest BCUT2D eigenvalue weighted by Crippen LogP contribution is 2.43. The maximum absolute atomic E-state index is 6.30. The van der Waals surface area contributed by atoms with Crippen LogP contribution in [0.15, 0.2) is 24.3 Å². The molecule has 0 bridgehead atoms. The van der Waals surface area contributed by atoms with Gasteiger partial charge < -0.3 is 10.1 Å². The molecule has 2 rings (SSSR count). The van der Waals surface area contributed by atoms with Gasteiger partial charge in [0.1, 0.15) is 0 Å². The van der Waals surface area contributed by atoms with Crippen LogP contribution in [0.5, 0.6) is 0 Å². The first kappa shape index (κ1) is 15.5. The predicted molar refractivity (Wildman–Crippen MR) is 85.0 cm³/mol. The number of aryl methyl sites for hydroxylation is 1. The minimum atomic E-state index is -0.00394. The largest absolute Gasteiger partial charge is 0.373 e. The van der Waals surface area contributed by atoms with Crippen LogP contribution in [0, 0.1) is 6.92 Å². The SMILES string of the molecule is CCCNC(c1ccccc1C)C1(OCC)CCCC1. The van der Waals surface area contributed by atoms with Crippen LogP contribution in [-0.4, -0.2) is 18.8 Å². The van der Waals surface area contributed by atoms with Crippen LogP contribution in [0.3, 0.4) is 0 Å². The van der Waals surface area contributed by atoms with Gasteiger partial charge in [-0.3, -0.25) is 0 Å². The summed E-state index contributed by atoms with van der Waals surface area (Å²) in [6, 6.07) is 9.08. The Morgan fingerprint density at radius 3 is 2.50 bits per heavy atom. The van der Waals surface area contributed by atoms with Gasteiger partial charge in [0.15, 0.2) is 0 Å². The van der Waals surface area contributed by atoms with E-state index in [0.717, 1.165) is 19.6 Å². The number of benzene rings is 1.